The second-order valence-electron chi connectivity index (χ2n) is 8.79. The third-order valence-electron chi connectivity index (χ3n) is 5.87. The molecule has 9 heteroatoms. The molecule has 194 valence electrons. The van der Waals surface area contributed by atoms with Gasteiger partial charge in [-0.3, -0.25) is 14.4 Å². The molecular formula is C29H26ClN3O5. The third-order valence-corrected chi connectivity index (χ3v) is 6.22. The minimum absolute atomic E-state index is 0.0874. The summed E-state index contributed by atoms with van der Waals surface area (Å²) in [6.07, 6.45) is 0.698. The van der Waals surface area contributed by atoms with Gasteiger partial charge in [-0.1, -0.05) is 36.2 Å². The molecule has 1 heterocycles. The molecule has 0 aliphatic carbocycles. The van der Waals surface area contributed by atoms with E-state index in [2.05, 4.69) is 10.6 Å². The van der Waals surface area contributed by atoms with Gasteiger partial charge in [-0.25, -0.2) is 9.69 Å². The maximum absolute atomic E-state index is 13.1. The van der Waals surface area contributed by atoms with Crippen molar-refractivity contribution in [3.63, 3.8) is 0 Å². The molecule has 38 heavy (non-hydrogen) atoms. The number of nitrogens with zero attached hydrogens (tertiary/aromatic N) is 1. The Labute approximate surface area is 225 Å². The van der Waals surface area contributed by atoms with E-state index in [1.54, 1.807) is 24.3 Å². The molecule has 1 aliphatic rings. The van der Waals surface area contributed by atoms with Crippen molar-refractivity contribution in [2.24, 2.45) is 0 Å². The number of imide groups is 1. The molecule has 2 N–H and O–H groups in total. The largest absolute Gasteiger partial charge is 0.462 e. The van der Waals surface area contributed by atoms with E-state index >= 15 is 0 Å². The van der Waals surface area contributed by atoms with Crippen LogP contribution in [0.1, 0.15) is 45.2 Å². The normalized spacial score (nSPS) is 13.1. The molecule has 0 unspecified atom stereocenters. The topological polar surface area (TPSA) is 105 Å². The molecule has 8 nitrogen and oxygen atoms in total. The van der Waals surface area contributed by atoms with Crippen molar-refractivity contribution < 1.29 is 23.9 Å². The first-order valence-corrected chi connectivity index (χ1v) is 12.4. The second-order valence-corrected chi connectivity index (χ2v) is 9.17. The number of nitrogens with one attached hydrogen (secondary N) is 2. The van der Waals surface area contributed by atoms with Gasteiger partial charge < -0.3 is 15.4 Å². The van der Waals surface area contributed by atoms with Crippen LogP contribution in [0.25, 0.3) is 0 Å². The summed E-state index contributed by atoms with van der Waals surface area (Å²) in [5, 5.41) is 5.51. The van der Waals surface area contributed by atoms with E-state index in [1.165, 1.54) is 24.3 Å². The minimum atomic E-state index is -0.690. The monoisotopic (exact) mass is 531 g/mol. The van der Waals surface area contributed by atoms with Crippen LogP contribution < -0.4 is 15.5 Å². The lowest BCUT2D eigenvalue weighted by molar-refractivity contribution is -0.120. The van der Waals surface area contributed by atoms with Gasteiger partial charge in [0, 0.05) is 16.9 Å². The lowest BCUT2D eigenvalue weighted by Gasteiger charge is -2.15. The van der Waals surface area contributed by atoms with Gasteiger partial charge in [0.05, 0.1) is 17.9 Å². The third kappa shape index (κ3) is 5.60. The lowest BCUT2D eigenvalue weighted by atomic mass is 10.1. The number of carbonyl (C=O) groups is 4. The maximum Gasteiger partial charge on any atom is 0.338 e. The molecule has 0 bridgehead atoms. The molecule has 0 saturated carbocycles. The van der Waals surface area contributed by atoms with Crippen molar-refractivity contribution in [2.45, 2.75) is 27.2 Å². The van der Waals surface area contributed by atoms with Gasteiger partial charge >= 0.3 is 5.97 Å². The highest BCUT2D eigenvalue weighted by Crippen LogP contribution is 2.30. The van der Waals surface area contributed by atoms with Gasteiger partial charge in [-0.15, -0.1) is 0 Å². The minimum Gasteiger partial charge on any atom is -0.462 e. The van der Waals surface area contributed by atoms with Crippen molar-refractivity contribution in [3.05, 3.63) is 99.7 Å². The van der Waals surface area contributed by atoms with Crippen molar-refractivity contribution in [3.8, 4) is 0 Å². The molecule has 0 atom stereocenters. The highest BCUT2D eigenvalue weighted by Gasteiger charge is 2.39. The molecular weight excluding hydrogens is 506 g/mol. The molecule has 0 radical (unpaired) electrons. The smallest absolute Gasteiger partial charge is 0.338 e. The zero-order valence-electron chi connectivity index (χ0n) is 21.1. The average molecular weight is 532 g/mol. The van der Waals surface area contributed by atoms with Gasteiger partial charge in [-0.2, -0.15) is 0 Å². The number of benzene rings is 3. The van der Waals surface area contributed by atoms with Gasteiger partial charge in [0.25, 0.3) is 17.7 Å². The summed E-state index contributed by atoms with van der Waals surface area (Å²) in [4.78, 5) is 51.5. The van der Waals surface area contributed by atoms with Gasteiger partial charge in [0.1, 0.15) is 10.7 Å². The van der Waals surface area contributed by atoms with E-state index in [0.29, 0.717) is 29.8 Å². The predicted molar refractivity (Wildman–Crippen MR) is 146 cm³/mol. The van der Waals surface area contributed by atoms with Crippen LogP contribution in [0.5, 0.6) is 0 Å². The fraction of sp³-hybridized carbons (Fsp3) is 0.172. The summed E-state index contributed by atoms with van der Waals surface area (Å²) in [5.74, 6) is -2.09. The molecule has 3 aromatic carbocycles. The Morgan fingerprint density at radius 1 is 0.895 bits per heavy atom. The Morgan fingerprint density at radius 3 is 2.18 bits per heavy atom. The van der Waals surface area contributed by atoms with Crippen LogP contribution in [0.4, 0.5) is 17.1 Å². The second kappa shape index (κ2) is 11.3. The van der Waals surface area contributed by atoms with Crippen LogP contribution in [0.2, 0.25) is 0 Å². The number of ether oxygens (including phenoxy) is 1. The zero-order chi connectivity index (χ0) is 27.4. The van der Waals surface area contributed by atoms with E-state index in [0.717, 1.165) is 21.7 Å². The zero-order valence-corrected chi connectivity index (χ0v) is 21.9. The standard InChI is InChI=1S/C29H26ClN3O5/c1-4-15-38-29(37)20-8-12-22(13-9-20)33-27(35)24(30)25(28(33)36)31-21-10-6-19(7-11-21)26(34)32-23-14-5-17(2)16-18(23)3/h5-14,16,31H,4,15H2,1-3H3,(H,32,34). The first-order chi connectivity index (χ1) is 18.2. The summed E-state index contributed by atoms with van der Waals surface area (Å²) in [6.45, 7) is 6.10. The van der Waals surface area contributed by atoms with Crippen LogP contribution in [0, 0.1) is 13.8 Å². The van der Waals surface area contributed by atoms with E-state index in [-0.39, 0.29) is 22.3 Å². The Bertz CT molecular complexity index is 1450. The summed E-state index contributed by atoms with van der Waals surface area (Å²) in [6, 6.07) is 18.1. The highest BCUT2D eigenvalue weighted by molar-refractivity contribution is 6.53. The number of halogens is 1. The van der Waals surface area contributed by atoms with Gasteiger partial charge in [0.2, 0.25) is 0 Å². The Balaban J connectivity index is 1.44. The number of carbonyl (C=O) groups excluding carboxylic acids is 4. The van der Waals surface area contributed by atoms with Crippen LogP contribution in [0.3, 0.4) is 0 Å². The molecule has 3 aromatic rings. The van der Waals surface area contributed by atoms with E-state index in [1.807, 2.05) is 39.0 Å². The molecule has 0 saturated heterocycles. The summed E-state index contributed by atoms with van der Waals surface area (Å²) in [7, 11) is 0. The maximum atomic E-state index is 13.1. The molecule has 3 amide bonds. The Kier molecular flexibility index (Phi) is 7.93. The molecule has 0 aromatic heterocycles. The van der Waals surface area contributed by atoms with Crippen molar-refractivity contribution in [1.82, 2.24) is 0 Å². The van der Waals surface area contributed by atoms with Crippen molar-refractivity contribution in [2.75, 3.05) is 22.1 Å². The van der Waals surface area contributed by atoms with Crippen LogP contribution in [-0.4, -0.2) is 30.3 Å². The average Bonchev–Trinajstić information content (AvgIpc) is 3.12. The van der Waals surface area contributed by atoms with Crippen LogP contribution in [-0.2, 0) is 14.3 Å². The predicted octanol–water partition coefficient (Wildman–Crippen LogP) is 5.56. The van der Waals surface area contributed by atoms with Crippen molar-refractivity contribution >= 4 is 52.4 Å². The number of anilines is 3. The number of amides is 3. The molecule has 0 fully saturated rings. The molecule has 4 rings (SSSR count). The summed E-state index contributed by atoms with van der Waals surface area (Å²) in [5.41, 5.74) is 4.16. The fourth-order valence-corrected chi connectivity index (χ4v) is 4.08. The summed E-state index contributed by atoms with van der Waals surface area (Å²) < 4.78 is 5.10. The summed E-state index contributed by atoms with van der Waals surface area (Å²) >= 11 is 6.22. The lowest BCUT2D eigenvalue weighted by Crippen LogP contribution is -2.32. The van der Waals surface area contributed by atoms with E-state index in [4.69, 9.17) is 16.3 Å². The number of esters is 1. The first-order valence-electron chi connectivity index (χ1n) is 12.0. The van der Waals surface area contributed by atoms with E-state index < -0.39 is 17.8 Å². The van der Waals surface area contributed by atoms with Crippen LogP contribution >= 0.6 is 11.6 Å². The molecule has 1 aliphatic heterocycles. The van der Waals surface area contributed by atoms with Gasteiger partial charge in [-0.05, 0) is 80.4 Å². The Morgan fingerprint density at radius 2 is 1.55 bits per heavy atom. The number of rotatable bonds is 8. The van der Waals surface area contributed by atoms with Gasteiger partial charge in [0.15, 0.2) is 0 Å². The van der Waals surface area contributed by atoms with Crippen LogP contribution in [0.15, 0.2) is 77.5 Å². The van der Waals surface area contributed by atoms with E-state index in [9.17, 15) is 19.2 Å². The number of hydrogen-bond donors (Lipinski definition) is 2. The Hall–Kier alpha value is -4.43. The fourth-order valence-electron chi connectivity index (χ4n) is 3.87. The number of aryl methyl sites for hydroxylation is 2. The highest BCUT2D eigenvalue weighted by atomic mass is 35.5. The first kappa shape index (κ1) is 26.6. The SMILES string of the molecule is CCCOC(=O)c1ccc(N2C(=O)C(Cl)=C(Nc3ccc(C(=O)Nc4ccc(C)cc4C)cc3)C2=O)cc1. The number of hydrogen-bond acceptors (Lipinski definition) is 6. The molecule has 0 spiro atoms. The quantitative estimate of drug-likeness (QED) is 0.291. The van der Waals surface area contributed by atoms with Crippen molar-refractivity contribution in [1.29, 1.82) is 0 Å².